The number of hydrogen-bond acceptors (Lipinski definition) is 5. The zero-order chi connectivity index (χ0) is 14.6. The van der Waals surface area contributed by atoms with E-state index in [-0.39, 0.29) is 4.90 Å². The van der Waals surface area contributed by atoms with Crippen LogP contribution in [0.15, 0.2) is 47.8 Å². The van der Waals surface area contributed by atoms with Crippen molar-refractivity contribution in [3.8, 4) is 0 Å². The van der Waals surface area contributed by atoms with Crippen molar-refractivity contribution >= 4 is 15.7 Å². The number of anilines is 1. The molecular weight excluding hydrogens is 276 g/mol. The fourth-order valence-corrected chi connectivity index (χ4v) is 2.54. The number of nitrogens with one attached hydrogen (secondary N) is 1. The Morgan fingerprint density at radius 2 is 2.05 bits per heavy atom. The predicted octanol–water partition coefficient (Wildman–Crippen LogP) is 1.34. The molecule has 0 unspecified atom stereocenters. The highest BCUT2D eigenvalue weighted by Crippen LogP contribution is 2.18. The summed E-state index contributed by atoms with van der Waals surface area (Å²) in [5.41, 5.74) is 1.51. The van der Waals surface area contributed by atoms with Gasteiger partial charge in [0.05, 0.1) is 23.3 Å². The van der Waals surface area contributed by atoms with Crippen LogP contribution in [-0.2, 0) is 16.6 Å². The largest absolute Gasteiger partial charge is 0.379 e. The average Bonchev–Trinajstić information content (AvgIpc) is 2.46. The van der Waals surface area contributed by atoms with Crippen LogP contribution in [-0.4, -0.2) is 36.8 Å². The molecule has 2 rings (SSSR count). The summed E-state index contributed by atoms with van der Waals surface area (Å²) < 4.78 is 25.3. The molecule has 20 heavy (non-hydrogen) atoms. The van der Waals surface area contributed by atoms with Gasteiger partial charge in [-0.3, -0.25) is 9.97 Å². The van der Waals surface area contributed by atoms with Gasteiger partial charge in [0, 0.05) is 32.2 Å². The first-order valence-corrected chi connectivity index (χ1v) is 7.45. The topological polar surface area (TPSA) is 75.2 Å². The highest BCUT2D eigenvalue weighted by atomic mass is 32.2. The summed E-state index contributed by atoms with van der Waals surface area (Å²) in [6.45, 7) is 0.485. The molecule has 2 aromatic rings. The molecule has 106 valence electrons. The van der Waals surface area contributed by atoms with Gasteiger partial charge < -0.3 is 5.32 Å². The van der Waals surface area contributed by atoms with E-state index < -0.39 is 10.0 Å². The third-order valence-corrected chi connectivity index (χ3v) is 4.51. The first-order valence-electron chi connectivity index (χ1n) is 6.01. The summed E-state index contributed by atoms with van der Waals surface area (Å²) in [4.78, 5) is 8.37. The van der Waals surface area contributed by atoms with Crippen LogP contribution < -0.4 is 5.32 Å². The zero-order valence-electron chi connectivity index (χ0n) is 11.3. The van der Waals surface area contributed by atoms with Gasteiger partial charge in [-0.2, -0.15) is 0 Å². The Hall–Kier alpha value is -1.99. The molecule has 0 fully saturated rings. The quantitative estimate of drug-likeness (QED) is 0.900. The summed E-state index contributed by atoms with van der Waals surface area (Å²) >= 11 is 0. The summed E-state index contributed by atoms with van der Waals surface area (Å²) in [5.74, 6) is 0. The van der Waals surface area contributed by atoms with E-state index in [4.69, 9.17) is 0 Å². The molecule has 1 N–H and O–H groups in total. The van der Waals surface area contributed by atoms with Crippen molar-refractivity contribution in [1.29, 1.82) is 0 Å². The number of aromatic nitrogens is 2. The normalized spacial score (nSPS) is 11.6. The van der Waals surface area contributed by atoms with Gasteiger partial charge in [-0.25, -0.2) is 12.7 Å². The van der Waals surface area contributed by atoms with Gasteiger partial charge in [0.15, 0.2) is 0 Å². The van der Waals surface area contributed by atoms with Gasteiger partial charge in [-0.15, -0.1) is 0 Å². The molecule has 6 nitrogen and oxygen atoms in total. The Balaban J connectivity index is 2.15. The van der Waals surface area contributed by atoms with E-state index in [1.54, 1.807) is 36.8 Å². The van der Waals surface area contributed by atoms with Crippen LogP contribution in [0.1, 0.15) is 5.69 Å². The van der Waals surface area contributed by atoms with Crippen molar-refractivity contribution in [3.63, 3.8) is 0 Å². The fraction of sp³-hybridized carbons (Fsp3) is 0.231. The minimum atomic E-state index is -3.42. The number of sulfonamides is 1. The van der Waals surface area contributed by atoms with E-state index in [0.29, 0.717) is 6.54 Å². The van der Waals surface area contributed by atoms with E-state index in [0.717, 1.165) is 11.4 Å². The number of benzene rings is 1. The van der Waals surface area contributed by atoms with Crippen molar-refractivity contribution in [2.24, 2.45) is 0 Å². The molecule has 1 heterocycles. The summed E-state index contributed by atoms with van der Waals surface area (Å²) in [6.07, 6.45) is 4.88. The molecule has 0 aliphatic carbocycles. The van der Waals surface area contributed by atoms with Gasteiger partial charge in [0.25, 0.3) is 0 Å². The Morgan fingerprint density at radius 3 is 2.70 bits per heavy atom. The number of rotatable bonds is 5. The maximum absolute atomic E-state index is 12.0. The van der Waals surface area contributed by atoms with Crippen molar-refractivity contribution in [2.75, 3.05) is 19.4 Å². The Labute approximate surface area is 118 Å². The SMILES string of the molecule is CN(C)S(=O)(=O)c1cccc(NCc2cnccn2)c1. The summed E-state index contributed by atoms with van der Waals surface area (Å²) in [6, 6.07) is 6.69. The van der Waals surface area contributed by atoms with Crippen molar-refractivity contribution in [3.05, 3.63) is 48.5 Å². The van der Waals surface area contributed by atoms with Gasteiger partial charge in [0.2, 0.25) is 10.0 Å². The van der Waals surface area contributed by atoms with E-state index in [1.807, 2.05) is 6.07 Å². The molecule has 0 aliphatic rings. The summed E-state index contributed by atoms with van der Waals surface area (Å²) in [7, 11) is -0.399. The van der Waals surface area contributed by atoms with Gasteiger partial charge >= 0.3 is 0 Å². The highest BCUT2D eigenvalue weighted by molar-refractivity contribution is 7.89. The van der Waals surface area contributed by atoms with Gasteiger partial charge in [-0.1, -0.05) is 6.07 Å². The van der Waals surface area contributed by atoms with Gasteiger partial charge in [0.1, 0.15) is 0 Å². The average molecular weight is 292 g/mol. The first-order chi connectivity index (χ1) is 9.50. The highest BCUT2D eigenvalue weighted by Gasteiger charge is 2.17. The summed E-state index contributed by atoms with van der Waals surface area (Å²) in [5, 5.41) is 3.13. The lowest BCUT2D eigenvalue weighted by Gasteiger charge is -2.13. The third kappa shape index (κ3) is 3.31. The molecule has 1 aromatic heterocycles. The van der Waals surface area contributed by atoms with Gasteiger partial charge in [-0.05, 0) is 18.2 Å². The van der Waals surface area contributed by atoms with Crippen LogP contribution >= 0.6 is 0 Å². The second-order valence-electron chi connectivity index (χ2n) is 4.37. The van der Waals surface area contributed by atoms with Crippen LogP contribution in [0.25, 0.3) is 0 Å². The molecule has 1 aromatic carbocycles. The molecule has 0 saturated carbocycles. The first kappa shape index (κ1) is 14.4. The Bertz CT molecular complexity index is 672. The number of nitrogens with zero attached hydrogens (tertiary/aromatic N) is 3. The van der Waals surface area contributed by atoms with Crippen LogP contribution in [0.2, 0.25) is 0 Å². The van der Waals surface area contributed by atoms with E-state index in [2.05, 4.69) is 15.3 Å². The number of hydrogen-bond donors (Lipinski definition) is 1. The molecule has 0 saturated heterocycles. The Kier molecular flexibility index (Phi) is 4.31. The predicted molar refractivity (Wildman–Crippen MR) is 76.7 cm³/mol. The molecule has 0 spiro atoms. The van der Waals surface area contributed by atoms with Crippen LogP contribution in [0.5, 0.6) is 0 Å². The van der Waals surface area contributed by atoms with E-state index >= 15 is 0 Å². The minimum absolute atomic E-state index is 0.256. The molecule has 0 radical (unpaired) electrons. The second kappa shape index (κ2) is 5.98. The Morgan fingerprint density at radius 1 is 1.25 bits per heavy atom. The lowest BCUT2D eigenvalue weighted by molar-refractivity contribution is 0.521. The van der Waals surface area contributed by atoms with Crippen molar-refractivity contribution in [2.45, 2.75) is 11.4 Å². The smallest absolute Gasteiger partial charge is 0.242 e. The molecule has 0 bridgehead atoms. The molecule has 0 aliphatic heterocycles. The minimum Gasteiger partial charge on any atom is -0.379 e. The zero-order valence-corrected chi connectivity index (χ0v) is 12.1. The third-order valence-electron chi connectivity index (χ3n) is 2.70. The van der Waals surface area contributed by atoms with Crippen LogP contribution in [0.4, 0.5) is 5.69 Å². The van der Waals surface area contributed by atoms with Crippen LogP contribution in [0, 0.1) is 0 Å². The van der Waals surface area contributed by atoms with Crippen molar-refractivity contribution < 1.29 is 8.42 Å². The van der Waals surface area contributed by atoms with Crippen LogP contribution in [0.3, 0.4) is 0 Å². The fourth-order valence-electron chi connectivity index (χ4n) is 1.59. The maximum Gasteiger partial charge on any atom is 0.242 e. The molecular formula is C13H16N4O2S. The van der Waals surface area contributed by atoms with E-state index in [9.17, 15) is 8.42 Å². The molecule has 0 amide bonds. The second-order valence-corrected chi connectivity index (χ2v) is 6.52. The maximum atomic E-state index is 12.0. The lowest BCUT2D eigenvalue weighted by atomic mass is 10.3. The van der Waals surface area contributed by atoms with Crippen molar-refractivity contribution in [1.82, 2.24) is 14.3 Å². The monoisotopic (exact) mass is 292 g/mol. The molecule has 0 atom stereocenters. The van der Waals surface area contributed by atoms with E-state index in [1.165, 1.54) is 18.4 Å². The lowest BCUT2D eigenvalue weighted by Crippen LogP contribution is -2.22. The standard InChI is InChI=1S/C13H16N4O2S/c1-17(2)20(18,19)13-5-3-4-11(8-13)16-10-12-9-14-6-7-15-12/h3-9,16H,10H2,1-2H3. The molecule has 7 heteroatoms.